The van der Waals surface area contributed by atoms with E-state index in [-0.39, 0.29) is 5.41 Å². The summed E-state index contributed by atoms with van der Waals surface area (Å²) in [4.78, 5) is 8.76. The number of hydrogen-bond acceptors (Lipinski definition) is 3. The molecule has 0 fully saturated rings. The number of nitrogens with zero attached hydrogens (tertiary/aromatic N) is 3. The summed E-state index contributed by atoms with van der Waals surface area (Å²) in [6.07, 6.45) is 4.50. The van der Waals surface area contributed by atoms with Crippen molar-refractivity contribution in [2.24, 2.45) is 5.41 Å². The summed E-state index contributed by atoms with van der Waals surface area (Å²) in [7, 11) is 0. The summed E-state index contributed by atoms with van der Waals surface area (Å²) in [5.74, 6) is 0.798. The van der Waals surface area contributed by atoms with Crippen molar-refractivity contribution in [1.82, 2.24) is 14.4 Å². The van der Waals surface area contributed by atoms with Gasteiger partial charge in [-0.15, -0.1) is 0 Å². The maximum atomic E-state index is 5.92. The summed E-state index contributed by atoms with van der Waals surface area (Å²) < 4.78 is 7.88. The predicted molar refractivity (Wildman–Crippen MR) is 81.2 cm³/mol. The Bertz CT molecular complexity index is 635. The molecule has 0 N–H and O–H groups in total. The molecule has 0 bridgehead atoms. The normalized spacial score (nSPS) is 11.8. The highest BCUT2D eigenvalue weighted by Gasteiger charge is 2.16. The van der Waals surface area contributed by atoms with Gasteiger partial charge in [0.2, 0.25) is 5.88 Å². The van der Waals surface area contributed by atoms with E-state index in [1.165, 1.54) is 5.57 Å². The highest BCUT2D eigenvalue weighted by molar-refractivity contribution is 5.48. The molecule has 108 valence electrons. The van der Waals surface area contributed by atoms with Crippen LogP contribution in [0.1, 0.15) is 38.6 Å². The molecule has 0 spiro atoms. The smallest absolute Gasteiger partial charge is 0.221 e. The molecule has 4 nitrogen and oxygen atoms in total. The maximum Gasteiger partial charge on any atom is 0.221 e. The van der Waals surface area contributed by atoms with Crippen LogP contribution in [0, 0.1) is 19.3 Å². The van der Waals surface area contributed by atoms with Gasteiger partial charge in [-0.25, -0.2) is 4.98 Å². The van der Waals surface area contributed by atoms with Crippen LogP contribution in [-0.4, -0.2) is 21.0 Å². The third-order valence-corrected chi connectivity index (χ3v) is 3.54. The Labute approximate surface area is 120 Å². The van der Waals surface area contributed by atoms with Gasteiger partial charge in [0.15, 0.2) is 5.65 Å². The van der Waals surface area contributed by atoms with Gasteiger partial charge in [-0.3, -0.25) is 9.38 Å². The van der Waals surface area contributed by atoms with Gasteiger partial charge in [-0.1, -0.05) is 32.9 Å². The number of ether oxygens (including phenoxy) is 1. The van der Waals surface area contributed by atoms with E-state index < -0.39 is 0 Å². The molecule has 20 heavy (non-hydrogen) atoms. The second-order valence-electron chi connectivity index (χ2n) is 6.16. The number of hydrogen-bond donors (Lipinski definition) is 0. The first-order valence-corrected chi connectivity index (χ1v) is 6.92. The van der Waals surface area contributed by atoms with E-state index >= 15 is 0 Å². The lowest BCUT2D eigenvalue weighted by molar-refractivity contribution is 0.293. The molecule has 2 aromatic heterocycles. The highest BCUT2D eigenvalue weighted by Crippen LogP contribution is 2.27. The fourth-order valence-electron chi connectivity index (χ4n) is 2.01. The van der Waals surface area contributed by atoms with Crippen molar-refractivity contribution in [1.29, 1.82) is 0 Å². The van der Waals surface area contributed by atoms with E-state index in [2.05, 4.69) is 37.3 Å². The third kappa shape index (κ3) is 2.84. The zero-order chi connectivity index (χ0) is 14.9. The van der Waals surface area contributed by atoms with Crippen molar-refractivity contribution in [3.05, 3.63) is 35.9 Å². The van der Waals surface area contributed by atoms with Crippen molar-refractivity contribution in [2.45, 2.75) is 41.0 Å². The number of aromatic nitrogens is 3. The van der Waals surface area contributed by atoms with Gasteiger partial charge < -0.3 is 4.74 Å². The van der Waals surface area contributed by atoms with Crippen LogP contribution in [0.2, 0.25) is 0 Å². The van der Waals surface area contributed by atoms with E-state index in [0.29, 0.717) is 6.61 Å². The molecular weight excluding hydrogens is 250 g/mol. The molecule has 0 aromatic carbocycles. The monoisotopic (exact) mass is 273 g/mol. The lowest BCUT2D eigenvalue weighted by Gasteiger charge is -2.21. The van der Waals surface area contributed by atoms with Crippen LogP contribution in [0.4, 0.5) is 0 Å². The molecule has 0 aliphatic carbocycles. The highest BCUT2D eigenvalue weighted by atomic mass is 16.5. The third-order valence-electron chi connectivity index (χ3n) is 3.54. The van der Waals surface area contributed by atoms with E-state index in [1.54, 1.807) is 6.20 Å². The Morgan fingerprint density at radius 3 is 2.65 bits per heavy atom. The molecule has 0 saturated carbocycles. The van der Waals surface area contributed by atoms with Crippen LogP contribution in [0.5, 0.6) is 5.88 Å². The Balaban J connectivity index is 2.13. The first-order chi connectivity index (χ1) is 9.30. The van der Waals surface area contributed by atoms with Crippen molar-refractivity contribution < 1.29 is 4.74 Å². The van der Waals surface area contributed by atoms with Crippen LogP contribution in [-0.2, 0) is 0 Å². The Kier molecular flexibility index (Phi) is 3.84. The molecule has 4 heteroatoms. The largest absolute Gasteiger partial charge is 0.477 e. The number of fused-ring (bicyclic) bond motifs is 1. The second kappa shape index (κ2) is 5.27. The molecule has 0 saturated heterocycles. The Morgan fingerprint density at radius 2 is 2.00 bits per heavy atom. The van der Waals surface area contributed by atoms with E-state index in [0.717, 1.165) is 29.3 Å². The van der Waals surface area contributed by atoms with E-state index in [4.69, 9.17) is 4.74 Å². The summed E-state index contributed by atoms with van der Waals surface area (Å²) in [6.45, 7) is 15.2. The molecule has 0 unspecified atom stereocenters. The summed E-state index contributed by atoms with van der Waals surface area (Å²) in [5.41, 5.74) is 3.97. The molecule has 0 radical (unpaired) electrons. The molecule has 2 aromatic rings. The second-order valence-corrected chi connectivity index (χ2v) is 6.16. The molecule has 2 rings (SSSR count). The molecular formula is C16H23N3O. The van der Waals surface area contributed by atoms with Crippen molar-refractivity contribution in [3.8, 4) is 5.88 Å². The van der Waals surface area contributed by atoms with E-state index in [9.17, 15) is 0 Å². The van der Waals surface area contributed by atoms with Gasteiger partial charge in [0, 0.05) is 18.8 Å². The minimum absolute atomic E-state index is 0.123. The average Bonchev–Trinajstić information content (AvgIpc) is 2.67. The minimum Gasteiger partial charge on any atom is -0.477 e. The van der Waals surface area contributed by atoms with Gasteiger partial charge >= 0.3 is 0 Å². The Hall–Kier alpha value is -1.84. The lowest BCUT2D eigenvalue weighted by atomic mass is 9.86. The molecule has 0 aliphatic heterocycles. The van der Waals surface area contributed by atoms with Crippen LogP contribution in [0.15, 0.2) is 24.5 Å². The standard InChI is InChI=1S/C16H23N3O/c1-11(16(4,5)6)7-10-20-15-13(3)18-14-12(2)17-8-9-19(14)15/h8-9H,1,7,10H2,2-6H3. The SMILES string of the molecule is C=C(CCOc1c(C)nc2c(C)nccn12)C(C)(C)C. The zero-order valence-electron chi connectivity index (χ0n) is 13.0. The zero-order valence-corrected chi connectivity index (χ0v) is 13.0. The molecule has 0 aliphatic rings. The molecule has 0 atom stereocenters. The molecule has 0 amide bonds. The van der Waals surface area contributed by atoms with Gasteiger partial charge in [0.1, 0.15) is 5.69 Å². The van der Waals surface area contributed by atoms with Crippen LogP contribution < -0.4 is 4.74 Å². The number of imidazole rings is 1. The van der Waals surface area contributed by atoms with Crippen molar-refractivity contribution in [3.63, 3.8) is 0 Å². The average molecular weight is 273 g/mol. The fourth-order valence-corrected chi connectivity index (χ4v) is 2.01. The van der Waals surface area contributed by atoms with Crippen molar-refractivity contribution >= 4 is 5.65 Å². The van der Waals surface area contributed by atoms with Gasteiger partial charge in [-0.05, 0) is 19.3 Å². The quantitative estimate of drug-likeness (QED) is 0.797. The van der Waals surface area contributed by atoms with E-state index in [1.807, 2.05) is 24.4 Å². The fraction of sp³-hybridized carbons (Fsp3) is 0.500. The van der Waals surface area contributed by atoms with Gasteiger partial charge in [0.05, 0.1) is 12.3 Å². The first kappa shape index (κ1) is 14.6. The topological polar surface area (TPSA) is 39.4 Å². The van der Waals surface area contributed by atoms with Crippen LogP contribution >= 0.6 is 0 Å². The lowest BCUT2D eigenvalue weighted by Crippen LogP contribution is -2.12. The summed E-state index contributed by atoms with van der Waals surface area (Å²) in [6, 6.07) is 0. The molecule has 2 heterocycles. The number of rotatable bonds is 4. The first-order valence-electron chi connectivity index (χ1n) is 6.92. The van der Waals surface area contributed by atoms with Crippen LogP contribution in [0.3, 0.4) is 0 Å². The minimum atomic E-state index is 0.123. The van der Waals surface area contributed by atoms with Crippen LogP contribution in [0.25, 0.3) is 5.65 Å². The Morgan fingerprint density at radius 1 is 1.30 bits per heavy atom. The predicted octanol–water partition coefficient (Wildman–Crippen LogP) is 3.72. The summed E-state index contributed by atoms with van der Waals surface area (Å²) in [5, 5.41) is 0. The maximum absolute atomic E-state index is 5.92. The summed E-state index contributed by atoms with van der Waals surface area (Å²) >= 11 is 0. The van der Waals surface area contributed by atoms with Crippen molar-refractivity contribution in [2.75, 3.05) is 6.61 Å². The van der Waals surface area contributed by atoms with Gasteiger partial charge in [0.25, 0.3) is 0 Å². The van der Waals surface area contributed by atoms with Gasteiger partial charge in [-0.2, -0.15) is 0 Å². The number of aryl methyl sites for hydroxylation is 2.